The number of halogens is 1. The molecule has 4 rings (SSSR count). The van der Waals surface area contributed by atoms with Gasteiger partial charge in [0.15, 0.2) is 10.9 Å². The zero-order valence-electron chi connectivity index (χ0n) is 22.1. The minimum absolute atomic E-state index is 0.0201. The Balaban J connectivity index is 1.47. The van der Waals surface area contributed by atoms with Crippen molar-refractivity contribution in [3.8, 4) is 0 Å². The van der Waals surface area contributed by atoms with Crippen LogP contribution in [-0.4, -0.2) is 95.1 Å². The molecule has 0 bridgehead atoms. The highest BCUT2D eigenvalue weighted by Gasteiger charge is 2.41. The molecule has 2 unspecified atom stereocenters. The Morgan fingerprint density at radius 1 is 1.13 bits per heavy atom. The maximum absolute atomic E-state index is 14.9. The van der Waals surface area contributed by atoms with Gasteiger partial charge in [-0.1, -0.05) is 36.0 Å². The lowest BCUT2D eigenvalue weighted by Crippen LogP contribution is -2.52. The standard InChI is InChI=1S/C28H36FN3O5S/c1-3-37-26(35)18-31-15-14-30(17-25(31)34)12-10-21-16-32(13-11-24(21)38-19(2)33)27(28(36)20-8-9-20)22-6-4-5-7-23(22)29/h4-7,10,20,24,27H,3,8-9,11-18H2,1-2H3/b21-10+. The van der Waals surface area contributed by atoms with E-state index < -0.39 is 12.0 Å². The summed E-state index contributed by atoms with van der Waals surface area (Å²) in [7, 11) is 0. The first-order valence-electron chi connectivity index (χ1n) is 13.3. The summed E-state index contributed by atoms with van der Waals surface area (Å²) >= 11 is 1.28. The van der Waals surface area contributed by atoms with Crippen molar-refractivity contribution in [3.05, 3.63) is 47.3 Å². The van der Waals surface area contributed by atoms with Gasteiger partial charge in [0.2, 0.25) is 5.91 Å². The molecule has 3 aliphatic rings. The molecular formula is C28H36FN3O5S. The molecule has 2 heterocycles. The summed E-state index contributed by atoms with van der Waals surface area (Å²) in [5.74, 6) is -0.870. The fourth-order valence-electron chi connectivity index (χ4n) is 5.14. The predicted octanol–water partition coefficient (Wildman–Crippen LogP) is 2.83. The number of esters is 1. The van der Waals surface area contributed by atoms with E-state index in [1.807, 2.05) is 9.80 Å². The van der Waals surface area contributed by atoms with Crippen LogP contribution in [0, 0.1) is 11.7 Å². The largest absolute Gasteiger partial charge is 0.465 e. The summed E-state index contributed by atoms with van der Waals surface area (Å²) < 4.78 is 19.8. The predicted molar refractivity (Wildman–Crippen MR) is 143 cm³/mol. The van der Waals surface area contributed by atoms with Crippen LogP contribution in [0.1, 0.15) is 44.7 Å². The highest BCUT2D eigenvalue weighted by atomic mass is 32.2. The second-order valence-electron chi connectivity index (χ2n) is 10.1. The maximum Gasteiger partial charge on any atom is 0.325 e. The molecule has 0 spiro atoms. The Kier molecular flexibility index (Phi) is 9.73. The summed E-state index contributed by atoms with van der Waals surface area (Å²) in [4.78, 5) is 55.3. The highest BCUT2D eigenvalue weighted by Crippen LogP contribution is 2.40. The van der Waals surface area contributed by atoms with Crippen molar-refractivity contribution in [2.45, 2.75) is 44.4 Å². The SMILES string of the molecule is CCOC(=O)CN1CCN(C/C=C2\CN(C(C(=O)C3CC3)c3ccccc3F)CCC2SC(C)=O)CC1=O. The van der Waals surface area contributed by atoms with Crippen LogP contribution in [0.3, 0.4) is 0 Å². The molecule has 1 aromatic carbocycles. The molecule has 0 radical (unpaired) electrons. The van der Waals surface area contributed by atoms with Gasteiger partial charge in [-0.05, 0) is 37.8 Å². The van der Waals surface area contributed by atoms with E-state index >= 15 is 0 Å². The average molecular weight is 546 g/mol. The number of amides is 1. The summed E-state index contributed by atoms with van der Waals surface area (Å²) in [6.45, 7) is 6.31. The number of carbonyl (C=O) groups is 4. The van der Waals surface area contributed by atoms with Gasteiger partial charge in [-0.25, -0.2) is 4.39 Å². The number of Topliss-reactive ketones (excluding diaryl/α,β-unsaturated/α-hetero) is 1. The molecule has 1 aromatic rings. The third-order valence-electron chi connectivity index (χ3n) is 7.23. The van der Waals surface area contributed by atoms with Gasteiger partial charge in [0.1, 0.15) is 12.4 Å². The first-order valence-corrected chi connectivity index (χ1v) is 14.2. The number of ether oxygens (including phenoxy) is 1. The molecule has 3 fully saturated rings. The van der Waals surface area contributed by atoms with Crippen LogP contribution in [0.25, 0.3) is 0 Å². The Bertz CT molecular complexity index is 1090. The lowest BCUT2D eigenvalue weighted by Gasteiger charge is -2.39. The van der Waals surface area contributed by atoms with Crippen molar-refractivity contribution in [1.82, 2.24) is 14.7 Å². The number of piperidine rings is 1. The fraction of sp³-hybridized carbons (Fsp3) is 0.571. The van der Waals surface area contributed by atoms with E-state index in [1.54, 1.807) is 32.0 Å². The van der Waals surface area contributed by atoms with Crippen LogP contribution in [0.15, 0.2) is 35.9 Å². The lowest BCUT2D eigenvalue weighted by atomic mass is 9.93. The second kappa shape index (κ2) is 13.0. The van der Waals surface area contributed by atoms with E-state index in [4.69, 9.17) is 4.74 Å². The van der Waals surface area contributed by atoms with Crippen LogP contribution in [0.2, 0.25) is 0 Å². The molecule has 206 valence electrons. The summed E-state index contributed by atoms with van der Waals surface area (Å²) in [6, 6.07) is 5.84. The summed E-state index contributed by atoms with van der Waals surface area (Å²) in [5, 5.41) is -0.00123. The third kappa shape index (κ3) is 7.30. The van der Waals surface area contributed by atoms with Crippen LogP contribution in [-0.2, 0) is 23.9 Å². The molecule has 38 heavy (non-hydrogen) atoms. The number of thioether (sulfide) groups is 1. The monoisotopic (exact) mass is 545 g/mol. The van der Waals surface area contributed by atoms with Gasteiger partial charge >= 0.3 is 5.97 Å². The smallest absolute Gasteiger partial charge is 0.325 e. The number of benzene rings is 1. The number of hydrogen-bond acceptors (Lipinski definition) is 8. The number of ketones is 1. The molecule has 8 nitrogen and oxygen atoms in total. The van der Waals surface area contributed by atoms with Crippen LogP contribution in [0.4, 0.5) is 4.39 Å². The first kappa shape index (κ1) is 28.4. The number of rotatable bonds is 10. The summed E-state index contributed by atoms with van der Waals surface area (Å²) in [6.07, 6.45) is 4.42. The minimum Gasteiger partial charge on any atom is -0.465 e. The van der Waals surface area contributed by atoms with Crippen molar-refractivity contribution in [2.24, 2.45) is 5.92 Å². The molecule has 0 aromatic heterocycles. The second-order valence-corrected chi connectivity index (χ2v) is 11.5. The fourth-order valence-corrected chi connectivity index (χ4v) is 6.09. The number of piperazine rings is 1. The molecule has 0 N–H and O–H groups in total. The molecular weight excluding hydrogens is 509 g/mol. The molecule has 2 saturated heterocycles. The van der Waals surface area contributed by atoms with Gasteiger partial charge in [-0.3, -0.25) is 29.0 Å². The molecule has 1 saturated carbocycles. The maximum atomic E-state index is 14.9. The molecule has 1 aliphatic carbocycles. The third-order valence-corrected chi connectivity index (χ3v) is 8.39. The van der Waals surface area contributed by atoms with Crippen molar-refractivity contribution in [3.63, 3.8) is 0 Å². The van der Waals surface area contributed by atoms with E-state index in [9.17, 15) is 23.6 Å². The minimum atomic E-state index is -0.650. The topological polar surface area (TPSA) is 87.2 Å². The number of nitrogens with zero attached hydrogens (tertiary/aromatic N) is 3. The Morgan fingerprint density at radius 3 is 2.55 bits per heavy atom. The van der Waals surface area contributed by atoms with E-state index in [0.29, 0.717) is 44.7 Å². The van der Waals surface area contributed by atoms with Gasteiger partial charge in [0.05, 0.1) is 19.2 Å². The lowest BCUT2D eigenvalue weighted by molar-refractivity contribution is -0.150. The summed E-state index contributed by atoms with van der Waals surface area (Å²) in [5.41, 5.74) is 1.42. The number of likely N-dealkylation sites (tertiary alicyclic amines) is 1. The molecule has 2 atom stereocenters. The zero-order valence-corrected chi connectivity index (χ0v) is 22.9. The Hall–Kier alpha value is -2.56. The van der Waals surface area contributed by atoms with Gasteiger partial charge in [0.25, 0.3) is 0 Å². The number of hydrogen-bond donors (Lipinski definition) is 0. The average Bonchev–Trinajstić information content (AvgIpc) is 3.72. The van der Waals surface area contributed by atoms with Crippen molar-refractivity contribution >= 4 is 34.5 Å². The van der Waals surface area contributed by atoms with Crippen molar-refractivity contribution < 1.29 is 28.3 Å². The van der Waals surface area contributed by atoms with Crippen LogP contribution >= 0.6 is 11.8 Å². The van der Waals surface area contributed by atoms with Crippen LogP contribution < -0.4 is 0 Å². The molecule has 10 heteroatoms. The van der Waals surface area contributed by atoms with Crippen molar-refractivity contribution in [1.29, 1.82) is 0 Å². The first-order chi connectivity index (χ1) is 18.3. The van der Waals surface area contributed by atoms with E-state index in [-0.39, 0.29) is 53.5 Å². The Labute approximate surface area is 227 Å². The van der Waals surface area contributed by atoms with E-state index in [0.717, 1.165) is 18.4 Å². The molecule has 2 aliphatic heterocycles. The van der Waals surface area contributed by atoms with E-state index in [1.165, 1.54) is 22.7 Å². The van der Waals surface area contributed by atoms with Gasteiger partial charge in [0, 0.05) is 56.4 Å². The van der Waals surface area contributed by atoms with Gasteiger partial charge < -0.3 is 9.64 Å². The van der Waals surface area contributed by atoms with Crippen LogP contribution in [0.5, 0.6) is 0 Å². The number of carbonyl (C=O) groups excluding carboxylic acids is 4. The molecule has 1 amide bonds. The van der Waals surface area contributed by atoms with E-state index in [2.05, 4.69) is 6.08 Å². The zero-order chi connectivity index (χ0) is 27.2. The quantitative estimate of drug-likeness (QED) is 0.328. The highest BCUT2D eigenvalue weighted by molar-refractivity contribution is 8.14. The normalized spacial score (nSPS) is 22.9. The van der Waals surface area contributed by atoms with Gasteiger partial charge in [-0.2, -0.15) is 0 Å². The Morgan fingerprint density at radius 2 is 1.89 bits per heavy atom. The van der Waals surface area contributed by atoms with Crippen molar-refractivity contribution in [2.75, 3.05) is 52.4 Å². The van der Waals surface area contributed by atoms with Gasteiger partial charge in [-0.15, -0.1) is 0 Å².